The van der Waals surface area contributed by atoms with Crippen LogP contribution in [0.15, 0.2) is 18.2 Å². The van der Waals surface area contributed by atoms with E-state index in [9.17, 15) is 9.18 Å². The summed E-state index contributed by atoms with van der Waals surface area (Å²) in [6.45, 7) is 5.47. The number of halogens is 1. The van der Waals surface area contributed by atoms with E-state index in [1.165, 1.54) is 6.07 Å². The normalized spacial score (nSPS) is 12.3. The fraction of sp³-hybridized carbons (Fsp3) is 0.462. The summed E-state index contributed by atoms with van der Waals surface area (Å²) in [4.78, 5) is 11.6. The van der Waals surface area contributed by atoms with Crippen LogP contribution >= 0.6 is 0 Å². The number of nitrogens with two attached hydrogens (primary N) is 1. The molecule has 0 fully saturated rings. The number of hydrogen-bond acceptors (Lipinski definition) is 3. The van der Waals surface area contributed by atoms with Crippen LogP contribution in [-0.4, -0.2) is 18.1 Å². The van der Waals surface area contributed by atoms with E-state index < -0.39 is 11.9 Å². The maximum absolute atomic E-state index is 13.5. The lowest BCUT2D eigenvalue weighted by atomic mass is 10.2. The van der Waals surface area contributed by atoms with Gasteiger partial charge in [0, 0.05) is 24.2 Å². The van der Waals surface area contributed by atoms with Crippen molar-refractivity contribution in [3.05, 3.63) is 29.6 Å². The lowest BCUT2D eigenvalue weighted by molar-refractivity contribution is -0.127. The topological polar surface area (TPSA) is 64.3 Å². The third-order valence-corrected chi connectivity index (χ3v) is 2.36. The molecule has 0 spiro atoms. The van der Waals surface area contributed by atoms with Crippen LogP contribution < -0.4 is 15.8 Å². The molecule has 1 aromatic carbocycles. The summed E-state index contributed by atoms with van der Waals surface area (Å²) in [5.41, 5.74) is 5.78. The molecule has 0 saturated heterocycles. The van der Waals surface area contributed by atoms with Gasteiger partial charge < -0.3 is 15.8 Å². The van der Waals surface area contributed by atoms with E-state index in [4.69, 9.17) is 10.5 Å². The van der Waals surface area contributed by atoms with Crippen molar-refractivity contribution >= 4 is 5.91 Å². The Morgan fingerprint density at radius 2 is 2.11 bits per heavy atom. The van der Waals surface area contributed by atoms with Crippen molar-refractivity contribution in [3.63, 3.8) is 0 Å². The summed E-state index contributed by atoms with van der Waals surface area (Å²) in [6.07, 6.45) is -0.671. The number of carbonyl (C=O) groups excluding carboxylic acids is 1. The smallest absolute Gasteiger partial charge is 0.260 e. The van der Waals surface area contributed by atoms with Gasteiger partial charge >= 0.3 is 0 Å². The van der Waals surface area contributed by atoms with Gasteiger partial charge in [0.1, 0.15) is 11.6 Å². The van der Waals surface area contributed by atoms with Crippen LogP contribution in [0, 0.1) is 5.82 Å². The minimum absolute atomic E-state index is 0.0416. The number of nitrogens with one attached hydrogen (secondary N) is 1. The van der Waals surface area contributed by atoms with Crippen molar-refractivity contribution in [2.24, 2.45) is 5.73 Å². The van der Waals surface area contributed by atoms with Crippen LogP contribution in [0.5, 0.6) is 5.75 Å². The Kier molecular flexibility index (Phi) is 5.09. The second kappa shape index (κ2) is 6.35. The highest BCUT2D eigenvalue weighted by Crippen LogP contribution is 2.17. The third kappa shape index (κ3) is 4.00. The van der Waals surface area contributed by atoms with Crippen LogP contribution in [0.1, 0.15) is 26.3 Å². The number of hydrogen-bond donors (Lipinski definition) is 2. The van der Waals surface area contributed by atoms with Gasteiger partial charge in [0.05, 0.1) is 0 Å². The standard InChI is InChI=1S/C13H19FN2O2/c1-8(2)16-13(17)9(3)18-11-5-4-10(7-15)12(14)6-11/h4-6,8-9H,7,15H2,1-3H3,(H,16,17). The highest BCUT2D eigenvalue weighted by atomic mass is 19.1. The van der Waals surface area contributed by atoms with Gasteiger partial charge in [-0.1, -0.05) is 6.07 Å². The van der Waals surface area contributed by atoms with Gasteiger partial charge in [-0.3, -0.25) is 4.79 Å². The number of amides is 1. The third-order valence-electron chi connectivity index (χ3n) is 2.36. The lowest BCUT2D eigenvalue weighted by Gasteiger charge is -2.16. The van der Waals surface area contributed by atoms with E-state index in [1.807, 2.05) is 13.8 Å². The summed E-state index contributed by atoms with van der Waals surface area (Å²) in [7, 11) is 0. The second-order valence-electron chi connectivity index (χ2n) is 4.38. The van der Waals surface area contributed by atoms with E-state index >= 15 is 0 Å². The quantitative estimate of drug-likeness (QED) is 0.838. The number of ether oxygens (including phenoxy) is 1. The zero-order chi connectivity index (χ0) is 13.7. The van der Waals surface area contributed by atoms with E-state index in [0.29, 0.717) is 11.3 Å². The van der Waals surface area contributed by atoms with Crippen molar-refractivity contribution in [1.82, 2.24) is 5.32 Å². The van der Waals surface area contributed by atoms with Gasteiger partial charge in [0.25, 0.3) is 5.91 Å². The van der Waals surface area contributed by atoms with Crippen molar-refractivity contribution in [2.45, 2.75) is 39.5 Å². The van der Waals surface area contributed by atoms with E-state index in [2.05, 4.69) is 5.32 Å². The molecule has 1 rings (SSSR count). The molecule has 0 aliphatic heterocycles. The average molecular weight is 254 g/mol. The molecule has 0 radical (unpaired) electrons. The van der Waals surface area contributed by atoms with Crippen molar-refractivity contribution in [3.8, 4) is 5.75 Å². The maximum Gasteiger partial charge on any atom is 0.260 e. The zero-order valence-corrected chi connectivity index (χ0v) is 10.9. The van der Waals surface area contributed by atoms with Gasteiger partial charge in [0.15, 0.2) is 6.10 Å². The molecule has 1 unspecified atom stereocenters. The molecule has 0 heterocycles. The molecule has 18 heavy (non-hydrogen) atoms. The Morgan fingerprint density at radius 3 is 2.61 bits per heavy atom. The molecule has 5 heteroatoms. The molecule has 0 bridgehead atoms. The minimum Gasteiger partial charge on any atom is -0.481 e. The monoisotopic (exact) mass is 254 g/mol. The van der Waals surface area contributed by atoms with Crippen molar-refractivity contribution in [2.75, 3.05) is 0 Å². The molecule has 100 valence electrons. The first-order valence-corrected chi connectivity index (χ1v) is 5.89. The highest BCUT2D eigenvalue weighted by Gasteiger charge is 2.15. The van der Waals surface area contributed by atoms with Gasteiger partial charge in [-0.05, 0) is 26.8 Å². The van der Waals surface area contributed by atoms with Gasteiger partial charge in [-0.15, -0.1) is 0 Å². The van der Waals surface area contributed by atoms with Gasteiger partial charge in [0.2, 0.25) is 0 Å². The van der Waals surface area contributed by atoms with Crippen LogP contribution in [0.3, 0.4) is 0 Å². The Bertz CT molecular complexity index is 421. The van der Waals surface area contributed by atoms with Crippen LogP contribution in [0.4, 0.5) is 4.39 Å². The lowest BCUT2D eigenvalue weighted by Crippen LogP contribution is -2.40. The predicted molar refractivity (Wildman–Crippen MR) is 67.7 cm³/mol. The number of rotatable bonds is 5. The summed E-state index contributed by atoms with van der Waals surface area (Å²) in [5.74, 6) is -0.337. The molecule has 0 aliphatic rings. The fourth-order valence-electron chi connectivity index (χ4n) is 1.43. The Balaban J connectivity index is 2.67. The molecular formula is C13H19FN2O2. The maximum atomic E-state index is 13.5. The average Bonchev–Trinajstić information content (AvgIpc) is 2.28. The summed E-state index contributed by atoms with van der Waals surface area (Å²) in [6, 6.07) is 4.43. The molecule has 1 amide bonds. The first kappa shape index (κ1) is 14.4. The van der Waals surface area contributed by atoms with Crippen molar-refractivity contribution < 1.29 is 13.9 Å². The minimum atomic E-state index is -0.671. The SMILES string of the molecule is CC(C)NC(=O)C(C)Oc1ccc(CN)c(F)c1. The van der Waals surface area contributed by atoms with E-state index in [1.54, 1.807) is 19.1 Å². The second-order valence-corrected chi connectivity index (χ2v) is 4.38. The van der Waals surface area contributed by atoms with E-state index in [0.717, 1.165) is 0 Å². The Hall–Kier alpha value is -1.62. The summed E-state index contributed by atoms with van der Waals surface area (Å²) < 4.78 is 18.8. The summed E-state index contributed by atoms with van der Waals surface area (Å²) in [5, 5.41) is 2.72. The molecule has 0 aromatic heterocycles. The zero-order valence-electron chi connectivity index (χ0n) is 10.9. The largest absolute Gasteiger partial charge is 0.481 e. The van der Waals surface area contributed by atoms with Crippen LogP contribution in [0.25, 0.3) is 0 Å². The van der Waals surface area contributed by atoms with E-state index in [-0.39, 0.29) is 18.5 Å². The molecule has 1 atom stereocenters. The highest BCUT2D eigenvalue weighted by molar-refractivity contribution is 5.80. The predicted octanol–water partition coefficient (Wildman–Crippen LogP) is 1.58. The fourth-order valence-corrected chi connectivity index (χ4v) is 1.43. The molecule has 4 nitrogen and oxygen atoms in total. The molecule has 0 saturated carbocycles. The van der Waals surface area contributed by atoms with Gasteiger partial charge in [-0.2, -0.15) is 0 Å². The van der Waals surface area contributed by atoms with Crippen molar-refractivity contribution in [1.29, 1.82) is 0 Å². The molecule has 0 aliphatic carbocycles. The molecule has 3 N–H and O–H groups in total. The first-order chi connectivity index (χ1) is 8.43. The summed E-state index contributed by atoms with van der Waals surface area (Å²) >= 11 is 0. The van der Waals surface area contributed by atoms with Crippen LogP contribution in [-0.2, 0) is 11.3 Å². The molecule has 1 aromatic rings. The van der Waals surface area contributed by atoms with Gasteiger partial charge in [-0.25, -0.2) is 4.39 Å². The van der Waals surface area contributed by atoms with Crippen LogP contribution in [0.2, 0.25) is 0 Å². The number of benzene rings is 1. The molecular weight excluding hydrogens is 235 g/mol. The first-order valence-electron chi connectivity index (χ1n) is 5.89. The number of carbonyl (C=O) groups is 1. The Labute approximate surface area is 106 Å². The Morgan fingerprint density at radius 1 is 1.44 bits per heavy atom.